The van der Waals surface area contributed by atoms with Crippen LogP contribution in [-0.2, 0) is 0 Å². The first kappa shape index (κ1) is 15.3. The van der Waals surface area contributed by atoms with Gasteiger partial charge < -0.3 is 10.1 Å². The number of methoxy groups -OCH3 is 1. The Kier molecular flexibility index (Phi) is 5.84. The molecule has 1 aliphatic carbocycles. The predicted molar refractivity (Wildman–Crippen MR) is 83.2 cm³/mol. The van der Waals surface area contributed by atoms with Gasteiger partial charge in [-0.1, -0.05) is 26.7 Å². The van der Waals surface area contributed by atoms with E-state index in [2.05, 4.69) is 24.1 Å². The maximum Gasteiger partial charge on any atom is 0.140 e. The Bertz CT molecular complexity index is 408. The topological polar surface area (TPSA) is 34.2 Å². The van der Waals surface area contributed by atoms with Gasteiger partial charge in [-0.05, 0) is 49.9 Å². The standard InChI is InChI=1S/C17H28N2O/c1-4-13-8-9-14(12-18-5-2)15(11-13)17-16(20-3)7-6-10-19-17/h6-7,10,13-15,18H,4-5,8-9,11-12H2,1-3H3. The van der Waals surface area contributed by atoms with Crippen LogP contribution in [0.4, 0.5) is 0 Å². The van der Waals surface area contributed by atoms with Crippen molar-refractivity contribution >= 4 is 0 Å². The van der Waals surface area contributed by atoms with Gasteiger partial charge in [0.1, 0.15) is 5.75 Å². The number of hydrogen-bond donors (Lipinski definition) is 1. The van der Waals surface area contributed by atoms with E-state index >= 15 is 0 Å². The Morgan fingerprint density at radius 1 is 1.35 bits per heavy atom. The van der Waals surface area contributed by atoms with E-state index in [1.807, 2.05) is 18.3 Å². The second-order valence-corrected chi connectivity index (χ2v) is 5.85. The number of nitrogens with zero attached hydrogens (tertiary/aromatic N) is 1. The van der Waals surface area contributed by atoms with Crippen molar-refractivity contribution in [2.45, 2.75) is 45.4 Å². The van der Waals surface area contributed by atoms with Crippen LogP contribution in [0.15, 0.2) is 18.3 Å². The van der Waals surface area contributed by atoms with Crippen molar-refractivity contribution in [3.8, 4) is 5.75 Å². The third kappa shape index (κ3) is 3.51. The molecule has 0 aliphatic heterocycles. The lowest BCUT2D eigenvalue weighted by molar-refractivity contribution is 0.219. The molecule has 0 amide bonds. The Hall–Kier alpha value is -1.09. The molecule has 0 saturated heterocycles. The highest BCUT2D eigenvalue weighted by molar-refractivity contribution is 5.31. The maximum absolute atomic E-state index is 5.54. The minimum Gasteiger partial charge on any atom is -0.495 e. The van der Waals surface area contributed by atoms with E-state index in [0.29, 0.717) is 11.8 Å². The number of pyridine rings is 1. The van der Waals surface area contributed by atoms with Gasteiger partial charge in [-0.15, -0.1) is 0 Å². The molecule has 1 aromatic heterocycles. The van der Waals surface area contributed by atoms with Gasteiger partial charge in [0.25, 0.3) is 0 Å². The lowest BCUT2D eigenvalue weighted by atomic mass is 9.71. The van der Waals surface area contributed by atoms with Gasteiger partial charge in [-0.25, -0.2) is 0 Å². The van der Waals surface area contributed by atoms with Crippen molar-refractivity contribution in [2.24, 2.45) is 11.8 Å². The third-order valence-electron chi connectivity index (χ3n) is 4.71. The fraction of sp³-hybridized carbons (Fsp3) is 0.706. The van der Waals surface area contributed by atoms with Crippen molar-refractivity contribution in [3.63, 3.8) is 0 Å². The summed E-state index contributed by atoms with van der Waals surface area (Å²) in [4.78, 5) is 4.65. The van der Waals surface area contributed by atoms with Crippen molar-refractivity contribution < 1.29 is 4.74 Å². The van der Waals surface area contributed by atoms with Gasteiger partial charge in [0.2, 0.25) is 0 Å². The van der Waals surface area contributed by atoms with Crippen LogP contribution in [0.25, 0.3) is 0 Å². The predicted octanol–water partition coefficient (Wildman–Crippen LogP) is 3.61. The summed E-state index contributed by atoms with van der Waals surface area (Å²) >= 11 is 0. The number of ether oxygens (including phenoxy) is 1. The highest BCUT2D eigenvalue weighted by atomic mass is 16.5. The Morgan fingerprint density at radius 2 is 2.20 bits per heavy atom. The minimum absolute atomic E-state index is 0.531. The highest BCUT2D eigenvalue weighted by Crippen LogP contribution is 2.43. The van der Waals surface area contributed by atoms with Crippen LogP contribution in [0.3, 0.4) is 0 Å². The molecule has 0 spiro atoms. The summed E-state index contributed by atoms with van der Waals surface area (Å²) in [5.41, 5.74) is 1.16. The molecule has 112 valence electrons. The lowest BCUT2D eigenvalue weighted by Crippen LogP contribution is -2.32. The molecule has 1 saturated carbocycles. The van der Waals surface area contributed by atoms with Crippen molar-refractivity contribution in [1.29, 1.82) is 0 Å². The van der Waals surface area contributed by atoms with E-state index in [-0.39, 0.29) is 0 Å². The maximum atomic E-state index is 5.54. The molecule has 3 atom stereocenters. The van der Waals surface area contributed by atoms with Crippen LogP contribution in [-0.4, -0.2) is 25.2 Å². The first-order valence-corrected chi connectivity index (χ1v) is 7.99. The lowest BCUT2D eigenvalue weighted by Gasteiger charge is -2.36. The number of rotatable bonds is 6. The van der Waals surface area contributed by atoms with Gasteiger partial charge in [-0.3, -0.25) is 4.98 Å². The first-order chi connectivity index (χ1) is 9.80. The molecular weight excluding hydrogens is 248 g/mol. The minimum atomic E-state index is 0.531. The summed E-state index contributed by atoms with van der Waals surface area (Å²) < 4.78 is 5.54. The molecule has 1 fully saturated rings. The van der Waals surface area contributed by atoms with E-state index in [0.717, 1.165) is 30.5 Å². The summed E-state index contributed by atoms with van der Waals surface area (Å²) in [7, 11) is 1.75. The SMILES string of the molecule is CCNCC1CCC(CC)CC1c1ncccc1OC. The number of nitrogens with one attached hydrogen (secondary N) is 1. The molecule has 0 bridgehead atoms. The zero-order valence-corrected chi connectivity index (χ0v) is 13.1. The van der Waals surface area contributed by atoms with E-state index < -0.39 is 0 Å². The van der Waals surface area contributed by atoms with Crippen LogP contribution < -0.4 is 10.1 Å². The summed E-state index contributed by atoms with van der Waals surface area (Å²) in [6.07, 6.45) is 7.09. The molecule has 3 heteroatoms. The molecule has 3 unspecified atom stereocenters. The van der Waals surface area contributed by atoms with Crippen LogP contribution >= 0.6 is 0 Å². The van der Waals surface area contributed by atoms with Crippen LogP contribution in [0.2, 0.25) is 0 Å². The van der Waals surface area contributed by atoms with Gasteiger partial charge in [0.15, 0.2) is 0 Å². The number of hydrogen-bond acceptors (Lipinski definition) is 3. The van der Waals surface area contributed by atoms with Gasteiger partial charge in [0.05, 0.1) is 12.8 Å². The molecule has 1 heterocycles. The fourth-order valence-corrected chi connectivity index (χ4v) is 3.45. The summed E-state index contributed by atoms with van der Waals surface area (Å²) in [6.45, 7) is 6.62. The van der Waals surface area contributed by atoms with E-state index in [4.69, 9.17) is 4.74 Å². The van der Waals surface area contributed by atoms with E-state index in [1.54, 1.807) is 7.11 Å². The van der Waals surface area contributed by atoms with Crippen molar-refractivity contribution in [3.05, 3.63) is 24.0 Å². The van der Waals surface area contributed by atoms with Crippen LogP contribution in [0.1, 0.15) is 51.1 Å². The molecule has 1 aromatic rings. The fourth-order valence-electron chi connectivity index (χ4n) is 3.45. The number of aromatic nitrogens is 1. The van der Waals surface area contributed by atoms with Gasteiger partial charge >= 0.3 is 0 Å². The smallest absolute Gasteiger partial charge is 0.140 e. The monoisotopic (exact) mass is 276 g/mol. The molecule has 2 rings (SSSR count). The average molecular weight is 276 g/mol. The Labute approximate surface area is 123 Å². The Balaban J connectivity index is 2.21. The third-order valence-corrected chi connectivity index (χ3v) is 4.71. The molecule has 1 N–H and O–H groups in total. The largest absolute Gasteiger partial charge is 0.495 e. The molecule has 0 aromatic carbocycles. The summed E-state index contributed by atoms with van der Waals surface area (Å²) in [5.74, 6) is 3.01. The highest BCUT2D eigenvalue weighted by Gasteiger charge is 2.33. The second kappa shape index (κ2) is 7.63. The molecule has 0 radical (unpaired) electrons. The molecule has 20 heavy (non-hydrogen) atoms. The van der Waals surface area contributed by atoms with Crippen LogP contribution in [0.5, 0.6) is 5.75 Å². The first-order valence-electron chi connectivity index (χ1n) is 7.99. The second-order valence-electron chi connectivity index (χ2n) is 5.85. The quantitative estimate of drug-likeness (QED) is 0.862. The molecule has 3 nitrogen and oxygen atoms in total. The van der Waals surface area contributed by atoms with E-state index in [1.165, 1.54) is 25.7 Å². The molecule has 1 aliphatic rings. The van der Waals surface area contributed by atoms with E-state index in [9.17, 15) is 0 Å². The average Bonchev–Trinajstić information content (AvgIpc) is 2.52. The van der Waals surface area contributed by atoms with Crippen LogP contribution in [0, 0.1) is 11.8 Å². The zero-order chi connectivity index (χ0) is 14.4. The van der Waals surface area contributed by atoms with Crippen molar-refractivity contribution in [1.82, 2.24) is 10.3 Å². The zero-order valence-electron chi connectivity index (χ0n) is 13.1. The Morgan fingerprint density at radius 3 is 2.90 bits per heavy atom. The molecular formula is C17H28N2O. The normalized spacial score (nSPS) is 26.4. The van der Waals surface area contributed by atoms with Crippen molar-refractivity contribution in [2.75, 3.05) is 20.2 Å². The summed E-state index contributed by atoms with van der Waals surface area (Å²) in [6, 6.07) is 4.00. The van der Waals surface area contributed by atoms with Gasteiger partial charge in [0, 0.05) is 12.1 Å². The van der Waals surface area contributed by atoms with Gasteiger partial charge in [-0.2, -0.15) is 0 Å². The summed E-state index contributed by atoms with van der Waals surface area (Å²) in [5, 5.41) is 3.52.